The molecular weight excluding hydrogens is 496 g/mol. The molecule has 1 saturated heterocycles. The summed E-state index contributed by atoms with van der Waals surface area (Å²) in [6.07, 6.45) is 1.75. The van der Waals surface area contributed by atoms with Crippen LogP contribution in [0.4, 0.5) is 26.6 Å². The zero-order valence-corrected chi connectivity index (χ0v) is 21.6. The maximum absolute atomic E-state index is 13.7. The minimum atomic E-state index is -0.284. The van der Waals surface area contributed by atoms with Gasteiger partial charge in [0.05, 0.1) is 6.04 Å². The van der Waals surface area contributed by atoms with Crippen LogP contribution < -0.4 is 15.5 Å². The molecule has 9 heteroatoms. The monoisotopic (exact) mass is 527 g/mol. The average molecular weight is 528 g/mol. The first-order chi connectivity index (χ1) is 19.1. The van der Waals surface area contributed by atoms with E-state index in [0.717, 1.165) is 16.7 Å². The summed E-state index contributed by atoms with van der Waals surface area (Å²) in [5.41, 5.74) is 3.04. The Kier molecular flexibility index (Phi) is 8.38. The van der Waals surface area contributed by atoms with Crippen molar-refractivity contribution in [2.24, 2.45) is 0 Å². The molecule has 7 nitrogen and oxygen atoms in total. The number of hydrogen-bond acceptors (Lipinski definition) is 7. The summed E-state index contributed by atoms with van der Waals surface area (Å²) in [6, 6.07) is 23.0. The van der Waals surface area contributed by atoms with E-state index >= 15 is 0 Å². The van der Waals surface area contributed by atoms with Crippen LogP contribution in [0, 0.1) is 11.6 Å². The Labute approximate surface area is 227 Å². The van der Waals surface area contributed by atoms with Crippen LogP contribution in [0.3, 0.4) is 0 Å². The van der Waals surface area contributed by atoms with Crippen LogP contribution in [0.15, 0.2) is 91.5 Å². The number of hydrogen-bond donors (Lipinski definition) is 2. The lowest BCUT2D eigenvalue weighted by Gasteiger charge is -2.39. The molecule has 1 fully saturated rings. The van der Waals surface area contributed by atoms with Crippen molar-refractivity contribution in [2.45, 2.75) is 12.6 Å². The van der Waals surface area contributed by atoms with Crippen LogP contribution in [0.5, 0.6) is 0 Å². The average Bonchev–Trinajstić information content (AvgIpc) is 2.98. The first-order valence-electron chi connectivity index (χ1n) is 13.0. The van der Waals surface area contributed by atoms with Crippen LogP contribution in [0.1, 0.15) is 22.7 Å². The van der Waals surface area contributed by atoms with E-state index in [0.29, 0.717) is 57.1 Å². The van der Waals surface area contributed by atoms with Gasteiger partial charge in [-0.25, -0.2) is 8.78 Å². The van der Waals surface area contributed by atoms with Crippen molar-refractivity contribution in [2.75, 3.05) is 48.3 Å². The van der Waals surface area contributed by atoms with E-state index in [4.69, 9.17) is 4.98 Å². The highest BCUT2D eigenvalue weighted by Gasteiger charge is 2.28. The number of piperazine rings is 1. The second-order valence-corrected chi connectivity index (χ2v) is 9.32. The maximum Gasteiger partial charge on any atom is 0.232 e. The quantitative estimate of drug-likeness (QED) is 0.272. The third kappa shape index (κ3) is 6.74. The van der Waals surface area contributed by atoms with Gasteiger partial charge in [0.25, 0.3) is 0 Å². The summed E-state index contributed by atoms with van der Waals surface area (Å²) in [5.74, 6) is 0.997. The molecule has 39 heavy (non-hydrogen) atoms. The van der Waals surface area contributed by atoms with Crippen LogP contribution in [0.2, 0.25) is 0 Å². The van der Waals surface area contributed by atoms with Gasteiger partial charge in [-0.05, 0) is 41.0 Å². The number of nitrogens with zero attached hydrogens (tertiary/aromatic N) is 5. The summed E-state index contributed by atoms with van der Waals surface area (Å²) in [6.45, 7) is 7.69. The van der Waals surface area contributed by atoms with Gasteiger partial charge in [-0.1, -0.05) is 60.7 Å². The Morgan fingerprint density at radius 1 is 0.744 bits per heavy atom. The Morgan fingerprint density at radius 2 is 1.31 bits per heavy atom. The van der Waals surface area contributed by atoms with Crippen molar-refractivity contribution >= 4 is 17.8 Å². The number of rotatable bonds is 10. The van der Waals surface area contributed by atoms with Gasteiger partial charge in [-0.15, -0.1) is 6.58 Å². The summed E-state index contributed by atoms with van der Waals surface area (Å²) in [5, 5.41) is 6.48. The van der Waals surface area contributed by atoms with Gasteiger partial charge in [0.2, 0.25) is 17.8 Å². The minimum absolute atomic E-state index is 0.125. The Hall–Kier alpha value is -4.37. The van der Waals surface area contributed by atoms with Crippen molar-refractivity contribution in [3.63, 3.8) is 0 Å². The predicted molar refractivity (Wildman–Crippen MR) is 151 cm³/mol. The highest BCUT2D eigenvalue weighted by molar-refractivity contribution is 5.45. The lowest BCUT2D eigenvalue weighted by atomic mass is 9.96. The number of anilines is 3. The van der Waals surface area contributed by atoms with Gasteiger partial charge in [0, 0.05) is 39.3 Å². The molecule has 200 valence electrons. The zero-order valence-electron chi connectivity index (χ0n) is 21.6. The van der Waals surface area contributed by atoms with E-state index in [1.165, 1.54) is 24.3 Å². The third-order valence-corrected chi connectivity index (χ3v) is 6.66. The summed E-state index contributed by atoms with van der Waals surface area (Å²) in [4.78, 5) is 18.4. The normalized spacial score (nSPS) is 13.9. The van der Waals surface area contributed by atoms with E-state index in [9.17, 15) is 8.78 Å². The molecule has 1 aliphatic heterocycles. The van der Waals surface area contributed by atoms with Crippen molar-refractivity contribution < 1.29 is 8.78 Å². The number of aromatic nitrogens is 3. The Balaban J connectivity index is 1.34. The van der Waals surface area contributed by atoms with Gasteiger partial charge < -0.3 is 15.5 Å². The van der Waals surface area contributed by atoms with E-state index in [1.807, 2.05) is 30.3 Å². The fourth-order valence-electron chi connectivity index (χ4n) is 4.69. The molecule has 0 saturated carbocycles. The molecule has 2 N–H and O–H groups in total. The smallest absolute Gasteiger partial charge is 0.232 e. The van der Waals surface area contributed by atoms with Crippen LogP contribution in [0.25, 0.3) is 0 Å². The largest absolute Gasteiger partial charge is 0.351 e. The second-order valence-electron chi connectivity index (χ2n) is 9.32. The third-order valence-electron chi connectivity index (χ3n) is 6.66. The SMILES string of the molecule is C=CCNc1nc(NCc2ccccc2)nc(N2CCN(C(c3ccc(F)cc3)c3ccc(F)cc3)CC2)n1. The summed E-state index contributed by atoms with van der Waals surface area (Å²) >= 11 is 0. The van der Waals surface area contributed by atoms with E-state index in [1.54, 1.807) is 30.3 Å². The van der Waals surface area contributed by atoms with Crippen molar-refractivity contribution in [1.29, 1.82) is 0 Å². The molecule has 1 aromatic heterocycles. The maximum atomic E-state index is 13.7. The lowest BCUT2D eigenvalue weighted by Crippen LogP contribution is -2.48. The second kappa shape index (κ2) is 12.4. The standard InChI is InChI=1S/C30H31F2N7/c1-2-16-33-28-35-29(34-21-22-6-4-3-5-7-22)37-30(36-28)39-19-17-38(18-20-39)27(23-8-12-25(31)13-9-23)24-10-14-26(32)15-11-24/h2-15,27H,1,16-21H2,(H2,33,34,35,36,37). The molecule has 0 bridgehead atoms. The molecule has 0 radical (unpaired) electrons. The van der Waals surface area contributed by atoms with Crippen LogP contribution in [-0.4, -0.2) is 52.6 Å². The molecule has 4 aromatic rings. The van der Waals surface area contributed by atoms with Crippen molar-refractivity contribution in [1.82, 2.24) is 19.9 Å². The molecule has 3 aromatic carbocycles. The number of benzene rings is 3. The van der Waals surface area contributed by atoms with E-state index < -0.39 is 0 Å². The molecule has 0 unspecified atom stereocenters. The van der Waals surface area contributed by atoms with Crippen molar-refractivity contribution in [3.8, 4) is 0 Å². The van der Waals surface area contributed by atoms with Gasteiger partial charge in [0.1, 0.15) is 11.6 Å². The highest BCUT2D eigenvalue weighted by atomic mass is 19.1. The Morgan fingerprint density at radius 3 is 1.87 bits per heavy atom. The van der Waals surface area contributed by atoms with Crippen molar-refractivity contribution in [3.05, 3.63) is 120 Å². The molecule has 0 aliphatic carbocycles. The molecular formula is C30H31F2N7. The van der Waals surface area contributed by atoms with Gasteiger partial charge in [0.15, 0.2) is 0 Å². The molecule has 0 spiro atoms. The van der Waals surface area contributed by atoms with E-state index in [-0.39, 0.29) is 17.7 Å². The van der Waals surface area contributed by atoms with Gasteiger partial charge >= 0.3 is 0 Å². The van der Waals surface area contributed by atoms with Gasteiger partial charge in [-0.2, -0.15) is 15.0 Å². The fourth-order valence-corrected chi connectivity index (χ4v) is 4.69. The molecule has 2 heterocycles. The summed E-state index contributed by atoms with van der Waals surface area (Å²) < 4.78 is 27.4. The van der Waals surface area contributed by atoms with Crippen LogP contribution in [-0.2, 0) is 6.54 Å². The van der Waals surface area contributed by atoms with Gasteiger partial charge in [-0.3, -0.25) is 4.90 Å². The predicted octanol–water partition coefficient (Wildman–Crippen LogP) is 5.27. The van der Waals surface area contributed by atoms with Crippen LogP contribution >= 0.6 is 0 Å². The fraction of sp³-hybridized carbons (Fsp3) is 0.233. The summed E-state index contributed by atoms with van der Waals surface area (Å²) in [7, 11) is 0. The highest BCUT2D eigenvalue weighted by Crippen LogP contribution is 2.30. The first-order valence-corrected chi connectivity index (χ1v) is 13.0. The topological polar surface area (TPSA) is 69.2 Å². The van der Waals surface area contributed by atoms with E-state index in [2.05, 4.69) is 37.0 Å². The number of halogens is 2. The molecule has 5 rings (SSSR count). The molecule has 1 aliphatic rings. The lowest BCUT2D eigenvalue weighted by molar-refractivity contribution is 0.211. The first kappa shape index (κ1) is 26.2. The molecule has 0 atom stereocenters. The minimum Gasteiger partial charge on any atom is -0.351 e. The zero-order chi connectivity index (χ0) is 27.0. The molecule has 0 amide bonds. The number of nitrogens with one attached hydrogen (secondary N) is 2. The Bertz CT molecular complexity index is 1310.